The van der Waals surface area contributed by atoms with Gasteiger partial charge in [-0.05, 0) is 111 Å². The molecule has 268 valence electrons. The van der Waals surface area contributed by atoms with E-state index in [0.717, 1.165) is 29.7 Å². The lowest BCUT2D eigenvalue weighted by Gasteiger charge is -2.17. The van der Waals surface area contributed by atoms with Crippen LogP contribution in [0.25, 0.3) is 0 Å². The van der Waals surface area contributed by atoms with Crippen LogP contribution < -0.4 is 36.5 Å². The zero-order valence-electron chi connectivity index (χ0n) is 29.3. The number of ether oxygens (including phenoxy) is 4. The number of nitrogens with zero attached hydrogens (tertiary/aromatic N) is 2. The number of aliphatic imine (C=N–C) groups is 1. The Hall–Kier alpha value is -4.29. The van der Waals surface area contributed by atoms with Gasteiger partial charge in [0.25, 0.3) is 5.91 Å². The molecule has 3 aromatic rings. The fourth-order valence-electron chi connectivity index (χ4n) is 5.25. The highest BCUT2D eigenvalue weighted by Crippen LogP contribution is 2.33. The molecule has 0 atom stereocenters. The summed E-state index contributed by atoms with van der Waals surface area (Å²) in [4.78, 5) is 45.2. The lowest BCUT2D eigenvalue weighted by atomic mass is 10.0. The molecule has 2 amide bonds. The summed E-state index contributed by atoms with van der Waals surface area (Å²) in [6.45, 7) is 10.4. The molecule has 0 unspecified atom stereocenters. The van der Waals surface area contributed by atoms with E-state index >= 15 is 0 Å². The molecule has 0 aliphatic carbocycles. The highest BCUT2D eigenvalue weighted by molar-refractivity contribution is 8.18. The van der Waals surface area contributed by atoms with Crippen molar-refractivity contribution >= 4 is 40.4 Å². The highest BCUT2D eigenvalue weighted by atomic mass is 79.9. The van der Waals surface area contributed by atoms with Crippen LogP contribution in [-0.4, -0.2) is 67.9 Å². The first-order valence-electron chi connectivity index (χ1n) is 16.7. The second kappa shape index (κ2) is 20.4. The topological polar surface area (TPSA) is 116 Å². The van der Waals surface area contributed by atoms with Crippen molar-refractivity contribution in [1.29, 1.82) is 0 Å². The normalized spacial score (nSPS) is 14.0. The van der Waals surface area contributed by atoms with Gasteiger partial charge in [0.1, 0.15) is 5.75 Å². The summed E-state index contributed by atoms with van der Waals surface area (Å²) < 4.78 is 22.0. The molecule has 50 heavy (non-hydrogen) atoms. The zero-order valence-corrected chi connectivity index (χ0v) is 31.7. The Labute approximate surface area is 309 Å². The van der Waals surface area contributed by atoms with Crippen LogP contribution in [0.4, 0.5) is 5.69 Å². The number of benzene rings is 3. The van der Waals surface area contributed by atoms with Crippen LogP contribution in [0.1, 0.15) is 61.2 Å². The number of hydrogen-bond donors (Lipinski definition) is 1. The molecule has 0 aromatic heterocycles. The van der Waals surface area contributed by atoms with E-state index in [1.54, 1.807) is 29.2 Å². The van der Waals surface area contributed by atoms with Crippen LogP contribution in [0.3, 0.4) is 0 Å². The van der Waals surface area contributed by atoms with Crippen molar-refractivity contribution in [1.82, 2.24) is 4.90 Å². The third-order valence-electron chi connectivity index (χ3n) is 7.55. The smallest absolute Gasteiger partial charge is 0.337 e. The maximum absolute atomic E-state index is 13.7. The van der Waals surface area contributed by atoms with E-state index in [4.69, 9.17) is 23.9 Å². The lowest BCUT2D eigenvalue weighted by Crippen LogP contribution is -3.00. The number of hydrogen-bond acceptors (Lipinski definition) is 9. The van der Waals surface area contributed by atoms with Gasteiger partial charge in [-0.1, -0.05) is 31.5 Å². The van der Waals surface area contributed by atoms with Gasteiger partial charge < -0.3 is 41.2 Å². The number of amidine groups is 1. The summed E-state index contributed by atoms with van der Waals surface area (Å²) in [6.07, 6.45) is 4.47. The predicted molar refractivity (Wildman–Crippen MR) is 194 cm³/mol. The van der Waals surface area contributed by atoms with E-state index in [1.165, 1.54) is 30.5 Å². The highest BCUT2D eigenvalue weighted by Gasteiger charge is 2.33. The lowest BCUT2D eigenvalue weighted by molar-refractivity contribution is -0.122. The summed E-state index contributed by atoms with van der Waals surface area (Å²) in [6, 6.07) is 18.4. The minimum absolute atomic E-state index is 0. The van der Waals surface area contributed by atoms with Gasteiger partial charge in [-0.2, -0.15) is 0 Å². The Bertz CT molecular complexity index is 1680. The fraction of sp³-hybridized carbons (Fsp3) is 0.368. The molecule has 12 heteroatoms. The molecule has 3 aromatic carbocycles. The van der Waals surface area contributed by atoms with Crippen molar-refractivity contribution in [3.63, 3.8) is 0 Å². The summed E-state index contributed by atoms with van der Waals surface area (Å²) in [5, 5.41) is 3.30. The number of halogens is 1. The fourth-order valence-corrected chi connectivity index (χ4v) is 6.25. The molecule has 1 fully saturated rings. The predicted octanol–water partition coefficient (Wildman–Crippen LogP) is 3.87. The van der Waals surface area contributed by atoms with E-state index in [1.807, 2.05) is 45.0 Å². The number of aryl methyl sites for hydroxylation is 1. The first-order valence-corrected chi connectivity index (χ1v) is 17.5. The monoisotopic (exact) mass is 766 g/mol. The van der Waals surface area contributed by atoms with Crippen molar-refractivity contribution in [2.24, 2.45) is 4.99 Å². The van der Waals surface area contributed by atoms with Gasteiger partial charge in [-0.25, -0.2) is 4.79 Å². The van der Waals surface area contributed by atoms with E-state index in [2.05, 4.69) is 24.4 Å². The quantitative estimate of drug-likeness (QED) is 0.163. The maximum Gasteiger partial charge on any atom is 0.337 e. The second-order valence-electron chi connectivity index (χ2n) is 11.1. The Morgan fingerprint density at radius 3 is 2.12 bits per heavy atom. The first-order chi connectivity index (χ1) is 23.8. The van der Waals surface area contributed by atoms with Crippen LogP contribution in [0, 0.1) is 0 Å². The average Bonchev–Trinajstić information content (AvgIpc) is 3.38. The number of nitrogens with one attached hydrogen (secondary N) is 1. The number of methoxy groups -OCH3 is 1. The molecule has 0 saturated carbocycles. The Morgan fingerprint density at radius 2 is 1.46 bits per heavy atom. The number of anilines is 1. The van der Waals surface area contributed by atoms with Gasteiger partial charge in [-0.3, -0.25) is 19.5 Å². The molecular weight excluding hydrogens is 722 g/mol. The minimum Gasteiger partial charge on any atom is -1.00 e. The number of carbonyl (C=O) groups is 3. The van der Waals surface area contributed by atoms with Crippen LogP contribution in [0.15, 0.2) is 76.6 Å². The third-order valence-corrected chi connectivity index (χ3v) is 8.59. The van der Waals surface area contributed by atoms with Crippen LogP contribution in [0.5, 0.6) is 17.2 Å². The SMILES string of the molecule is CCCc1cc(CCN=C2S/C(=C/C(=O)Nc3ccc(C(=O)OC)cc3)C(=O)N2CCc2ccc(OCC)c(OCC)c2)ccc1OCC.[Br-]. The molecule has 1 saturated heterocycles. The van der Waals surface area contributed by atoms with Gasteiger partial charge in [0.05, 0.1) is 37.4 Å². The molecule has 1 aliphatic rings. The molecule has 10 nitrogen and oxygen atoms in total. The molecule has 4 rings (SSSR count). The Kier molecular flexibility index (Phi) is 16.4. The largest absolute Gasteiger partial charge is 1.00 e. The van der Waals surface area contributed by atoms with Crippen molar-refractivity contribution in [3.05, 3.63) is 93.9 Å². The molecular formula is C38H45BrN3O7S-. The van der Waals surface area contributed by atoms with Crippen molar-refractivity contribution in [3.8, 4) is 17.2 Å². The summed E-state index contributed by atoms with van der Waals surface area (Å²) in [5.41, 5.74) is 4.15. The number of carbonyl (C=O) groups excluding carboxylic acids is 3. The molecule has 0 bridgehead atoms. The Morgan fingerprint density at radius 1 is 0.820 bits per heavy atom. The first kappa shape index (κ1) is 40.1. The Balaban J connectivity index is 0.00000676. The van der Waals surface area contributed by atoms with Crippen LogP contribution >= 0.6 is 11.8 Å². The zero-order chi connectivity index (χ0) is 35.2. The number of rotatable bonds is 17. The van der Waals surface area contributed by atoms with Gasteiger partial charge in [0.15, 0.2) is 16.7 Å². The van der Waals surface area contributed by atoms with Crippen molar-refractivity contribution in [2.45, 2.75) is 53.4 Å². The minimum atomic E-state index is -0.469. The summed E-state index contributed by atoms with van der Waals surface area (Å²) >= 11 is 1.19. The van der Waals surface area contributed by atoms with Crippen molar-refractivity contribution < 1.29 is 50.3 Å². The third kappa shape index (κ3) is 11.1. The summed E-state index contributed by atoms with van der Waals surface area (Å²) in [5.74, 6) is 1.03. The number of esters is 1. The number of thioether (sulfide) groups is 1. The number of amides is 2. The molecule has 0 radical (unpaired) electrons. The standard InChI is InChI=1S/C38H45N3O7S.BrH/c1-6-10-29-23-26(11-17-31(29)46-7-2)19-21-39-38-41(22-20-27-12-18-32(47-8-3)33(24-27)48-9-4)36(43)34(49-38)25-35(42)40-30-15-13-28(14-16-30)37(44)45-5;/h11-18,23-25H,6-10,19-22H2,1-5H3,(H,40,42);1H/p-1/b34-25+,39-38?;. The van der Waals surface area contributed by atoms with Crippen LogP contribution in [0.2, 0.25) is 0 Å². The average molecular weight is 768 g/mol. The van der Waals surface area contributed by atoms with Crippen molar-refractivity contribution in [2.75, 3.05) is 45.3 Å². The van der Waals surface area contributed by atoms with E-state index in [0.29, 0.717) is 73.7 Å². The van der Waals surface area contributed by atoms with Gasteiger partial charge in [-0.15, -0.1) is 0 Å². The van der Waals surface area contributed by atoms with E-state index < -0.39 is 11.9 Å². The van der Waals surface area contributed by atoms with Gasteiger partial charge >= 0.3 is 5.97 Å². The van der Waals surface area contributed by atoms with Gasteiger partial charge in [0, 0.05) is 24.9 Å². The van der Waals surface area contributed by atoms with Crippen LogP contribution in [-0.2, 0) is 33.6 Å². The molecule has 1 heterocycles. The second-order valence-corrected chi connectivity index (χ2v) is 12.1. The molecule has 1 N–H and O–H groups in total. The molecule has 1 aliphatic heterocycles. The molecule has 0 spiro atoms. The van der Waals surface area contributed by atoms with Gasteiger partial charge in [0.2, 0.25) is 5.91 Å². The van der Waals surface area contributed by atoms with E-state index in [9.17, 15) is 14.4 Å². The summed E-state index contributed by atoms with van der Waals surface area (Å²) in [7, 11) is 1.31. The van der Waals surface area contributed by atoms with E-state index in [-0.39, 0.29) is 27.8 Å². The maximum atomic E-state index is 13.7.